The van der Waals surface area contributed by atoms with Gasteiger partial charge in [0.05, 0.1) is 5.41 Å². The fourth-order valence-electron chi connectivity index (χ4n) is 1.49. The fourth-order valence-corrected chi connectivity index (χ4v) is 1.49. The maximum absolute atomic E-state index is 11.8. The van der Waals surface area contributed by atoms with Crippen LogP contribution in [0.4, 0.5) is 0 Å². The van der Waals surface area contributed by atoms with E-state index in [1.165, 1.54) is 0 Å². The summed E-state index contributed by atoms with van der Waals surface area (Å²) in [5, 5.41) is 0. The van der Waals surface area contributed by atoms with Crippen LogP contribution in [0.3, 0.4) is 0 Å². The molecule has 0 radical (unpaired) electrons. The first-order valence-corrected chi connectivity index (χ1v) is 4.72. The fraction of sp³-hybridized carbons (Fsp3) is 0.889. The molecule has 1 rings (SSSR count). The molecule has 1 fully saturated rings. The molecule has 0 bridgehead atoms. The van der Waals surface area contributed by atoms with Crippen LogP contribution in [0.15, 0.2) is 0 Å². The quantitative estimate of drug-likeness (QED) is 0.611. The summed E-state index contributed by atoms with van der Waals surface area (Å²) in [4.78, 5) is 13.7. The van der Waals surface area contributed by atoms with Gasteiger partial charge in [-0.3, -0.25) is 4.79 Å². The van der Waals surface area contributed by atoms with Crippen molar-refractivity contribution < 1.29 is 4.79 Å². The Morgan fingerprint density at radius 2 is 2.23 bits per heavy atom. The molecule has 0 aromatic heterocycles. The summed E-state index contributed by atoms with van der Waals surface area (Å²) in [5.74, 6) is 0.128. The van der Waals surface area contributed by atoms with Crippen LogP contribution in [0.25, 0.3) is 0 Å². The molecule has 0 aliphatic carbocycles. The van der Waals surface area contributed by atoms with Gasteiger partial charge in [0.15, 0.2) is 0 Å². The lowest BCUT2D eigenvalue weighted by Gasteiger charge is -2.27. The Morgan fingerprint density at radius 3 is 2.62 bits per heavy atom. The van der Waals surface area contributed by atoms with E-state index in [4.69, 9.17) is 11.5 Å². The topological polar surface area (TPSA) is 72.4 Å². The molecular formula is C9H19N3O. The monoisotopic (exact) mass is 185 g/mol. The van der Waals surface area contributed by atoms with E-state index in [1.54, 1.807) is 0 Å². The Balaban J connectivity index is 2.58. The maximum Gasteiger partial charge on any atom is 0.229 e. The molecule has 0 saturated carbocycles. The van der Waals surface area contributed by atoms with E-state index < -0.39 is 5.41 Å². The van der Waals surface area contributed by atoms with Crippen molar-refractivity contribution in [2.75, 3.05) is 19.6 Å². The zero-order valence-electron chi connectivity index (χ0n) is 8.42. The Morgan fingerprint density at radius 1 is 1.62 bits per heavy atom. The number of likely N-dealkylation sites (tertiary alicyclic amines) is 1. The molecule has 0 unspecified atom stereocenters. The molecule has 1 saturated heterocycles. The summed E-state index contributed by atoms with van der Waals surface area (Å²) in [6.07, 6.45) is 0.909. The molecule has 1 amide bonds. The first kappa shape index (κ1) is 10.5. The number of carbonyl (C=O) groups excluding carboxylic acids is 1. The van der Waals surface area contributed by atoms with Gasteiger partial charge in [0.2, 0.25) is 5.91 Å². The average molecular weight is 185 g/mol. The Bertz CT molecular complexity index is 203. The van der Waals surface area contributed by atoms with Crippen molar-refractivity contribution >= 4 is 5.91 Å². The van der Waals surface area contributed by atoms with E-state index in [0.717, 1.165) is 13.0 Å². The highest BCUT2D eigenvalue weighted by Gasteiger charge is 2.33. The predicted octanol–water partition coefficient (Wildman–Crippen LogP) is -0.469. The van der Waals surface area contributed by atoms with Crippen LogP contribution in [0.1, 0.15) is 20.3 Å². The highest BCUT2D eigenvalue weighted by molar-refractivity contribution is 5.82. The standard InChI is InChI=1S/C9H19N3O/c1-9(2,6-10)8(13)12-4-3-7(11)5-12/h7H,3-6,10-11H2,1-2H3/t7-/m0/s1. The molecule has 4 nitrogen and oxygen atoms in total. The molecule has 0 aromatic rings. The molecule has 1 heterocycles. The number of nitrogens with two attached hydrogens (primary N) is 2. The van der Waals surface area contributed by atoms with E-state index >= 15 is 0 Å². The van der Waals surface area contributed by atoms with Crippen molar-refractivity contribution in [1.29, 1.82) is 0 Å². The average Bonchev–Trinajstić information content (AvgIpc) is 2.50. The zero-order valence-corrected chi connectivity index (χ0v) is 8.42. The van der Waals surface area contributed by atoms with E-state index in [-0.39, 0.29) is 11.9 Å². The third-order valence-electron chi connectivity index (χ3n) is 2.60. The van der Waals surface area contributed by atoms with Gasteiger partial charge in [-0.25, -0.2) is 0 Å². The normalized spacial score (nSPS) is 23.7. The second kappa shape index (κ2) is 3.64. The summed E-state index contributed by atoms with van der Waals surface area (Å²) in [5.41, 5.74) is 10.8. The lowest BCUT2D eigenvalue weighted by Crippen LogP contribution is -2.44. The van der Waals surface area contributed by atoms with Crippen LogP contribution in [-0.2, 0) is 4.79 Å². The number of hydrogen-bond acceptors (Lipinski definition) is 3. The third kappa shape index (κ3) is 2.19. The maximum atomic E-state index is 11.8. The van der Waals surface area contributed by atoms with Gasteiger partial charge in [0.25, 0.3) is 0 Å². The minimum Gasteiger partial charge on any atom is -0.341 e. The molecule has 1 aliphatic heterocycles. The SMILES string of the molecule is CC(C)(CN)C(=O)N1CC[C@H](N)C1. The van der Waals surface area contributed by atoms with Crippen LogP contribution < -0.4 is 11.5 Å². The Hall–Kier alpha value is -0.610. The summed E-state index contributed by atoms with van der Waals surface area (Å²) >= 11 is 0. The van der Waals surface area contributed by atoms with Crippen molar-refractivity contribution in [3.8, 4) is 0 Å². The number of amides is 1. The van der Waals surface area contributed by atoms with Crippen LogP contribution in [0, 0.1) is 5.41 Å². The summed E-state index contributed by atoms with van der Waals surface area (Å²) in [6, 6.07) is 0.150. The second-order valence-corrected chi connectivity index (χ2v) is 4.39. The summed E-state index contributed by atoms with van der Waals surface area (Å²) < 4.78 is 0. The van der Waals surface area contributed by atoms with E-state index in [0.29, 0.717) is 13.1 Å². The second-order valence-electron chi connectivity index (χ2n) is 4.39. The van der Waals surface area contributed by atoms with Crippen LogP contribution in [-0.4, -0.2) is 36.5 Å². The van der Waals surface area contributed by atoms with Gasteiger partial charge in [-0.1, -0.05) is 0 Å². The molecule has 1 aliphatic rings. The first-order chi connectivity index (χ1) is 5.97. The van der Waals surface area contributed by atoms with E-state index in [9.17, 15) is 4.79 Å². The number of nitrogens with zero attached hydrogens (tertiary/aromatic N) is 1. The summed E-state index contributed by atoms with van der Waals surface area (Å²) in [7, 11) is 0. The molecule has 0 aromatic carbocycles. The van der Waals surface area contributed by atoms with Gasteiger partial charge in [-0.15, -0.1) is 0 Å². The largest absolute Gasteiger partial charge is 0.341 e. The number of carbonyl (C=O) groups is 1. The van der Waals surface area contributed by atoms with Crippen LogP contribution in [0.5, 0.6) is 0 Å². The van der Waals surface area contributed by atoms with Crippen molar-refractivity contribution in [3.63, 3.8) is 0 Å². The van der Waals surface area contributed by atoms with E-state index in [1.807, 2.05) is 18.7 Å². The van der Waals surface area contributed by atoms with Gasteiger partial charge in [-0.05, 0) is 20.3 Å². The van der Waals surface area contributed by atoms with Crippen LogP contribution >= 0.6 is 0 Å². The van der Waals surface area contributed by atoms with Crippen molar-refractivity contribution in [3.05, 3.63) is 0 Å². The van der Waals surface area contributed by atoms with Gasteiger partial charge < -0.3 is 16.4 Å². The Kier molecular flexibility index (Phi) is 2.93. The number of rotatable bonds is 2. The van der Waals surface area contributed by atoms with Crippen molar-refractivity contribution in [2.24, 2.45) is 16.9 Å². The predicted molar refractivity (Wildman–Crippen MR) is 52.0 cm³/mol. The van der Waals surface area contributed by atoms with Gasteiger partial charge in [0.1, 0.15) is 0 Å². The van der Waals surface area contributed by atoms with Crippen LogP contribution in [0.2, 0.25) is 0 Å². The Labute approximate surface area is 79.3 Å². The van der Waals surface area contributed by atoms with Crippen molar-refractivity contribution in [1.82, 2.24) is 4.90 Å². The first-order valence-electron chi connectivity index (χ1n) is 4.72. The molecule has 4 N–H and O–H groups in total. The molecule has 13 heavy (non-hydrogen) atoms. The van der Waals surface area contributed by atoms with Gasteiger partial charge in [0, 0.05) is 25.7 Å². The molecular weight excluding hydrogens is 166 g/mol. The van der Waals surface area contributed by atoms with Gasteiger partial charge >= 0.3 is 0 Å². The highest BCUT2D eigenvalue weighted by atomic mass is 16.2. The minimum absolute atomic E-state index is 0.128. The lowest BCUT2D eigenvalue weighted by molar-refractivity contribution is -0.138. The molecule has 0 spiro atoms. The highest BCUT2D eigenvalue weighted by Crippen LogP contribution is 2.20. The van der Waals surface area contributed by atoms with E-state index in [2.05, 4.69) is 0 Å². The molecule has 1 atom stereocenters. The number of hydrogen-bond donors (Lipinski definition) is 2. The smallest absolute Gasteiger partial charge is 0.229 e. The third-order valence-corrected chi connectivity index (χ3v) is 2.60. The lowest BCUT2D eigenvalue weighted by atomic mass is 9.92. The zero-order chi connectivity index (χ0) is 10.1. The summed E-state index contributed by atoms with van der Waals surface area (Å²) in [6.45, 7) is 5.60. The van der Waals surface area contributed by atoms with Crippen molar-refractivity contribution in [2.45, 2.75) is 26.3 Å². The molecule has 76 valence electrons. The molecule has 4 heteroatoms. The minimum atomic E-state index is -0.440. The van der Waals surface area contributed by atoms with Gasteiger partial charge in [-0.2, -0.15) is 0 Å².